The molecule has 0 atom stereocenters. The summed E-state index contributed by atoms with van der Waals surface area (Å²) in [7, 11) is 0. The highest BCUT2D eigenvalue weighted by atomic mass is 19.4. The van der Waals surface area contributed by atoms with E-state index in [1.54, 1.807) is 13.0 Å². The maximum absolute atomic E-state index is 13.1. The number of ether oxygens (including phenoxy) is 2. The van der Waals surface area contributed by atoms with Crippen molar-refractivity contribution in [3.63, 3.8) is 0 Å². The maximum atomic E-state index is 13.1. The van der Waals surface area contributed by atoms with Gasteiger partial charge < -0.3 is 9.47 Å². The third kappa shape index (κ3) is 5.27. The van der Waals surface area contributed by atoms with E-state index in [1.165, 1.54) is 24.4 Å². The second-order valence-electron chi connectivity index (χ2n) is 7.37. The zero-order valence-electron chi connectivity index (χ0n) is 17.7. The fraction of sp³-hybridized carbons (Fsp3) is 0.348. The van der Waals surface area contributed by atoms with Crippen molar-refractivity contribution in [2.45, 2.75) is 45.7 Å². The highest BCUT2D eigenvalue weighted by Gasteiger charge is 2.31. The molecule has 2 aromatic carbocycles. The SMILES string of the molecule is CCCCCCOc1cc([N+](=O)[O-])c2nccc(C)c2c1Oc1cccc(C(F)(F)F)c1. The number of non-ortho nitro benzene ring substituents is 1. The van der Waals surface area contributed by atoms with Crippen molar-refractivity contribution in [3.05, 3.63) is 63.8 Å². The van der Waals surface area contributed by atoms with Gasteiger partial charge in [-0.3, -0.25) is 10.1 Å². The first-order valence-corrected chi connectivity index (χ1v) is 10.3. The number of nitro benzene ring substituents is 1. The molecule has 9 heteroatoms. The number of hydrogen-bond donors (Lipinski definition) is 0. The zero-order valence-corrected chi connectivity index (χ0v) is 17.7. The largest absolute Gasteiger partial charge is 0.489 e. The lowest BCUT2D eigenvalue weighted by molar-refractivity contribution is -0.383. The molecule has 0 bridgehead atoms. The number of aromatic nitrogens is 1. The summed E-state index contributed by atoms with van der Waals surface area (Å²) in [6.45, 7) is 4.09. The van der Waals surface area contributed by atoms with Crippen LogP contribution in [0.3, 0.4) is 0 Å². The van der Waals surface area contributed by atoms with Crippen molar-refractivity contribution in [2.24, 2.45) is 0 Å². The molecule has 0 radical (unpaired) electrons. The van der Waals surface area contributed by atoms with E-state index in [4.69, 9.17) is 9.47 Å². The smallest absolute Gasteiger partial charge is 0.416 e. The molecule has 0 aliphatic rings. The number of hydrogen-bond acceptors (Lipinski definition) is 5. The molecule has 0 aliphatic carbocycles. The molecule has 0 amide bonds. The Morgan fingerprint density at radius 2 is 1.91 bits per heavy atom. The highest BCUT2D eigenvalue weighted by Crippen LogP contribution is 2.44. The van der Waals surface area contributed by atoms with E-state index in [0.29, 0.717) is 17.6 Å². The molecular formula is C23H23F3N2O4. The molecule has 0 aliphatic heterocycles. The van der Waals surface area contributed by atoms with Crippen LogP contribution in [-0.2, 0) is 6.18 Å². The number of nitrogens with zero attached hydrogens (tertiary/aromatic N) is 2. The molecule has 0 fully saturated rings. The van der Waals surface area contributed by atoms with Crippen LogP contribution in [0.4, 0.5) is 18.9 Å². The molecule has 0 saturated carbocycles. The first-order chi connectivity index (χ1) is 15.2. The number of fused-ring (bicyclic) bond motifs is 1. The van der Waals surface area contributed by atoms with Crippen LogP contribution in [0.2, 0.25) is 0 Å². The van der Waals surface area contributed by atoms with E-state index in [-0.39, 0.29) is 28.5 Å². The number of alkyl halides is 3. The quantitative estimate of drug-likeness (QED) is 0.196. The molecule has 6 nitrogen and oxygen atoms in total. The number of aryl methyl sites for hydroxylation is 1. The van der Waals surface area contributed by atoms with Gasteiger partial charge in [0.2, 0.25) is 0 Å². The number of nitro groups is 1. The van der Waals surface area contributed by atoms with Gasteiger partial charge in [-0.1, -0.05) is 32.3 Å². The van der Waals surface area contributed by atoms with E-state index in [0.717, 1.165) is 37.8 Å². The van der Waals surface area contributed by atoms with Gasteiger partial charge in [-0.05, 0) is 43.2 Å². The minimum absolute atomic E-state index is 0.0611. The second kappa shape index (κ2) is 9.84. The Bertz CT molecular complexity index is 1120. The topological polar surface area (TPSA) is 74.5 Å². The van der Waals surface area contributed by atoms with Crippen LogP contribution in [0.15, 0.2) is 42.6 Å². The van der Waals surface area contributed by atoms with Crippen molar-refractivity contribution < 1.29 is 27.6 Å². The Hall–Kier alpha value is -3.36. The van der Waals surface area contributed by atoms with E-state index >= 15 is 0 Å². The maximum Gasteiger partial charge on any atom is 0.416 e. The van der Waals surface area contributed by atoms with Gasteiger partial charge in [0.25, 0.3) is 5.69 Å². The summed E-state index contributed by atoms with van der Waals surface area (Å²) in [5, 5.41) is 12.0. The average molecular weight is 448 g/mol. The second-order valence-corrected chi connectivity index (χ2v) is 7.37. The molecule has 1 heterocycles. The van der Waals surface area contributed by atoms with Crippen molar-refractivity contribution in [3.8, 4) is 17.2 Å². The third-order valence-corrected chi connectivity index (χ3v) is 4.95. The lowest BCUT2D eigenvalue weighted by Gasteiger charge is -2.17. The Kier molecular flexibility index (Phi) is 7.17. The van der Waals surface area contributed by atoms with Gasteiger partial charge in [-0.25, -0.2) is 4.98 Å². The Morgan fingerprint density at radius 1 is 1.12 bits per heavy atom. The molecule has 3 rings (SSSR count). The lowest BCUT2D eigenvalue weighted by Crippen LogP contribution is -2.05. The van der Waals surface area contributed by atoms with E-state index < -0.39 is 16.7 Å². The summed E-state index contributed by atoms with van der Waals surface area (Å²) in [6.07, 6.45) is 0.621. The zero-order chi connectivity index (χ0) is 23.3. The van der Waals surface area contributed by atoms with Crippen molar-refractivity contribution >= 4 is 16.6 Å². The van der Waals surface area contributed by atoms with E-state index in [2.05, 4.69) is 11.9 Å². The highest BCUT2D eigenvalue weighted by molar-refractivity contribution is 5.97. The fourth-order valence-electron chi connectivity index (χ4n) is 3.33. The third-order valence-electron chi connectivity index (χ3n) is 4.95. The Morgan fingerprint density at radius 3 is 2.59 bits per heavy atom. The average Bonchev–Trinajstić information content (AvgIpc) is 2.74. The molecule has 170 valence electrons. The predicted octanol–water partition coefficient (Wildman–Crippen LogP) is 7.22. The summed E-state index contributed by atoms with van der Waals surface area (Å²) < 4.78 is 51.1. The molecule has 0 unspecified atom stereocenters. The molecule has 0 spiro atoms. The van der Waals surface area contributed by atoms with Crippen molar-refractivity contribution in [1.82, 2.24) is 4.98 Å². The Balaban J connectivity index is 2.10. The summed E-state index contributed by atoms with van der Waals surface area (Å²) in [5.74, 6) is 0.134. The van der Waals surface area contributed by atoms with Crippen LogP contribution in [0.25, 0.3) is 10.9 Å². The number of unbranched alkanes of at least 4 members (excludes halogenated alkanes) is 3. The molecule has 3 aromatic rings. The number of pyridine rings is 1. The molecule has 1 aromatic heterocycles. The first-order valence-electron chi connectivity index (χ1n) is 10.3. The van der Waals surface area contributed by atoms with Crippen LogP contribution < -0.4 is 9.47 Å². The lowest BCUT2D eigenvalue weighted by atomic mass is 10.1. The summed E-state index contributed by atoms with van der Waals surface area (Å²) >= 11 is 0. The van der Waals surface area contributed by atoms with Gasteiger partial charge in [0, 0.05) is 6.20 Å². The van der Waals surface area contributed by atoms with Crippen LogP contribution in [0, 0.1) is 17.0 Å². The predicted molar refractivity (Wildman–Crippen MR) is 114 cm³/mol. The molecular weight excluding hydrogens is 425 g/mol. The van der Waals surface area contributed by atoms with Gasteiger partial charge in [0.05, 0.1) is 28.5 Å². The van der Waals surface area contributed by atoms with E-state index in [1.807, 2.05) is 0 Å². The number of halogens is 3. The Labute approximate surface area is 183 Å². The van der Waals surface area contributed by atoms with Gasteiger partial charge in [-0.15, -0.1) is 0 Å². The van der Waals surface area contributed by atoms with Gasteiger partial charge in [0.15, 0.2) is 17.0 Å². The standard InChI is InChI=1S/C23H23F3N2O4/c1-3-4-5-6-12-31-19-14-18(28(29)30)21-20(15(2)10-11-27-21)22(19)32-17-9-7-8-16(13-17)23(24,25)26/h7-11,13-14H,3-6,12H2,1-2H3. The van der Waals surface area contributed by atoms with Crippen molar-refractivity contribution in [1.29, 1.82) is 0 Å². The minimum Gasteiger partial charge on any atom is -0.489 e. The normalized spacial score (nSPS) is 11.5. The van der Waals surface area contributed by atoms with Gasteiger partial charge >= 0.3 is 6.18 Å². The number of rotatable bonds is 9. The summed E-state index contributed by atoms with van der Waals surface area (Å²) in [5.41, 5.74) is -0.423. The van der Waals surface area contributed by atoms with Crippen LogP contribution >= 0.6 is 0 Å². The fourth-order valence-corrected chi connectivity index (χ4v) is 3.33. The molecule has 0 saturated heterocycles. The van der Waals surface area contributed by atoms with Crippen molar-refractivity contribution in [2.75, 3.05) is 6.61 Å². The molecule has 0 N–H and O–H groups in total. The first kappa shape index (κ1) is 23.3. The van der Waals surface area contributed by atoms with Crippen LogP contribution in [0.5, 0.6) is 17.2 Å². The van der Waals surface area contributed by atoms with Crippen LogP contribution in [-0.4, -0.2) is 16.5 Å². The van der Waals surface area contributed by atoms with Gasteiger partial charge in [0.1, 0.15) is 5.75 Å². The number of benzene rings is 2. The van der Waals surface area contributed by atoms with E-state index in [9.17, 15) is 23.3 Å². The summed E-state index contributed by atoms with van der Waals surface area (Å²) in [6, 6.07) is 7.32. The van der Waals surface area contributed by atoms with Crippen LogP contribution in [0.1, 0.15) is 43.7 Å². The minimum atomic E-state index is -4.53. The van der Waals surface area contributed by atoms with Gasteiger partial charge in [-0.2, -0.15) is 13.2 Å². The summed E-state index contributed by atoms with van der Waals surface area (Å²) in [4.78, 5) is 15.2. The molecule has 32 heavy (non-hydrogen) atoms. The monoisotopic (exact) mass is 448 g/mol.